The zero-order chi connectivity index (χ0) is 12.4. The molecule has 0 aliphatic carbocycles. The molecule has 0 saturated carbocycles. The highest BCUT2D eigenvalue weighted by atomic mass is 79.9. The molecule has 5 heteroatoms. The number of halogens is 1. The zero-order valence-electron chi connectivity index (χ0n) is 9.77. The highest BCUT2D eigenvalue weighted by Crippen LogP contribution is 2.23. The SMILES string of the molecule is CN1CC(CN)CN(c2ccc(Br)cc2)C1=O. The predicted octanol–water partition coefficient (Wildman–Crippen LogP) is 1.90. The third kappa shape index (κ3) is 2.61. The van der Waals surface area contributed by atoms with Crippen LogP contribution in [-0.4, -0.2) is 37.6 Å². The van der Waals surface area contributed by atoms with E-state index in [9.17, 15) is 4.79 Å². The van der Waals surface area contributed by atoms with E-state index < -0.39 is 0 Å². The van der Waals surface area contributed by atoms with Crippen molar-refractivity contribution in [2.45, 2.75) is 0 Å². The van der Waals surface area contributed by atoms with Crippen LogP contribution in [0.1, 0.15) is 0 Å². The van der Waals surface area contributed by atoms with Crippen molar-refractivity contribution in [2.75, 3.05) is 31.6 Å². The maximum absolute atomic E-state index is 12.1. The van der Waals surface area contributed by atoms with Crippen LogP contribution in [0.3, 0.4) is 0 Å². The van der Waals surface area contributed by atoms with Crippen molar-refractivity contribution >= 4 is 27.6 Å². The Morgan fingerprint density at radius 3 is 2.59 bits per heavy atom. The lowest BCUT2D eigenvalue weighted by Crippen LogP contribution is -2.53. The van der Waals surface area contributed by atoms with Crippen molar-refractivity contribution in [1.82, 2.24) is 4.90 Å². The summed E-state index contributed by atoms with van der Waals surface area (Å²) in [4.78, 5) is 15.6. The summed E-state index contributed by atoms with van der Waals surface area (Å²) in [6, 6.07) is 7.80. The topological polar surface area (TPSA) is 49.6 Å². The number of hydrogen-bond donors (Lipinski definition) is 1. The zero-order valence-corrected chi connectivity index (χ0v) is 11.4. The van der Waals surface area contributed by atoms with E-state index in [0.29, 0.717) is 19.0 Å². The average molecular weight is 298 g/mol. The van der Waals surface area contributed by atoms with E-state index in [0.717, 1.165) is 16.7 Å². The second-order valence-corrected chi connectivity index (χ2v) is 5.27. The second-order valence-electron chi connectivity index (χ2n) is 4.35. The maximum atomic E-state index is 12.1. The molecule has 1 saturated heterocycles. The van der Waals surface area contributed by atoms with E-state index in [1.54, 1.807) is 9.80 Å². The van der Waals surface area contributed by atoms with Crippen molar-refractivity contribution in [3.05, 3.63) is 28.7 Å². The average Bonchev–Trinajstić information content (AvgIpc) is 2.34. The van der Waals surface area contributed by atoms with Gasteiger partial charge in [0.2, 0.25) is 0 Å². The first-order chi connectivity index (χ1) is 8.11. The number of nitrogens with zero attached hydrogens (tertiary/aromatic N) is 2. The number of hydrogen-bond acceptors (Lipinski definition) is 2. The first-order valence-electron chi connectivity index (χ1n) is 5.60. The molecule has 0 spiro atoms. The number of carbonyl (C=O) groups is 1. The van der Waals surface area contributed by atoms with Crippen molar-refractivity contribution in [3.63, 3.8) is 0 Å². The number of anilines is 1. The number of urea groups is 1. The highest BCUT2D eigenvalue weighted by Gasteiger charge is 2.29. The molecule has 1 aliphatic heterocycles. The lowest BCUT2D eigenvalue weighted by Gasteiger charge is -2.37. The van der Waals surface area contributed by atoms with Crippen molar-refractivity contribution < 1.29 is 4.79 Å². The Bertz CT molecular complexity index is 407. The number of nitrogens with two attached hydrogens (primary N) is 1. The van der Waals surface area contributed by atoms with E-state index in [2.05, 4.69) is 15.9 Å². The van der Waals surface area contributed by atoms with Gasteiger partial charge in [-0.25, -0.2) is 4.79 Å². The normalized spacial score (nSPS) is 20.9. The Morgan fingerprint density at radius 2 is 2.00 bits per heavy atom. The Kier molecular flexibility index (Phi) is 3.69. The molecule has 1 aliphatic rings. The van der Waals surface area contributed by atoms with E-state index in [-0.39, 0.29) is 6.03 Å². The Balaban J connectivity index is 2.23. The number of amides is 2. The minimum Gasteiger partial charge on any atom is -0.330 e. The number of carbonyl (C=O) groups excluding carboxylic acids is 1. The smallest absolute Gasteiger partial charge is 0.324 e. The Hall–Kier alpha value is -1.07. The molecule has 1 aromatic carbocycles. The lowest BCUT2D eigenvalue weighted by molar-refractivity contribution is 0.194. The van der Waals surface area contributed by atoms with Gasteiger partial charge in [0.05, 0.1) is 0 Å². The predicted molar refractivity (Wildman–Crippen MR) is 72.1 cm³/mol. The molecule has 1 heterocycles. The van der Waals surface area contributed by atoms with E-state index in [4.69, 9.17) is 5.73 Å². The Morgan fingerprint density at radius 1 is 1.35 bits per heavy atom. The van der Waals surface area contributed by atoms with Crippen LogP contribution in [0, 0.1) is 5.92 Å². The molecule has 4 nitrogen and oxygen atoms in total. The minimum atomic E-state index is 0.0389. The van der Waals surface area contributed by atoms with Crippen LogP contribution in [0.2, 0.25) is 0 Å². The summed E-state index contributed by atoms with van der Waals surface area (Å²) in [5.41, 5.74) is 6.62. The molecule has 0 bridgehead atoms. The molecular formula is C12H16BrN3O. The van der Waals surface area contributed by atoms with Gasteiger partial charge < -0.3 is 10.6 Å². The lowest BCUT2D eigenvalue weighted by atomic mass is 10.1. The van der Waals surface area contributed by atoms with Gasteiger partial charge in [0.15, 0.2) is 0 Å². The monoisotopic (exact) mass is 297 g/mol. The van der Waals surface area contributed by atoms with Gasteiger partial charge in [-0.2, -0.15) is 0 Å². The molecule has 1 unspecified atom stereocenters. The first kappa shape index (κ1) is 12.4. The van der Waals surface area contributed by atoms with Gasteiger partial charge in [-0.15, -0.1) is 0 Å². The largest absolute Gasteiger partial charge is 0.330 e. The summed E-state index contributed by atoms with van der Waals surface area (Å²) in [6.45, 7) is 2.04. The number of benzene rings is 1. The van der Waals surface area contributed by atoms with Crippen LogP contribution in [0.5, 0.6) is 0 Å². The van der Waals surface area contributed by atoms with Crippen LogP contribution in [0.15, 0.2) is 28.7 Å². The van der Waals surface area contributed by atoms with Gasteiger partial charge in [-0.3, -0.25) is 4.90 Å². The highest BCUT2D eigenvalue weighted by molar-refractivity contribution is 9.10. The van der Waals surface area contributed by atoms with Crippen LogP contribution >= 0.6 is 15.9 Å². The van der Waals surface area contributed by atoms with Crippen molar-refractivity contribution in [2.24, 2.45) is 11.7 Å². The molecule has 2 amide bonds. The van der Waals surface area contributed by atoms with E-state index >= 15 is 0 Å². The molecule has 1 atom stereocenters. The quantitative estimate of drug-likeness (QED) is 0.906. The van der Waals surface area contributed by atoms with Crippen molar-refractivity contribution in [3.8, 4) is 0 Å². The molecule has 17 heavy (non-hydrogen) atoms. The van der Waals surface area contributed by atoms with Gasteiger partial charge in [-0.05, 0) is 30.8 Å². The molecular weight excluding hydrogens is 282 g/mol. The minimum absolute atomic E-state index is 0.0389. The van der Waals surface area contributed by atoms with E-state index in [1.165, 1.54) is 0 Å². The van der Waals surface area contributed by atoms with Gasteiger partial charge in [0.25, 0.3) is 0 Å². The van der Waals surface area contributed by atoms with Crippen LogP contribution in [0.4, 0.5) is 10.5 Å². The summed E-state index contributed by atoms with van der Waals surface area (Å²) < 4.78 is 1.01. The van der Waals surface area contributed by atoms with Gasteiger partial charge >= 0.3 is 6.03 Å². The fourth-order valence-corrected chi connectivity index (χ4v) is 2.32. The molecule has 2 N–H and O–H groups in total. The van der Waals surface area contributed by atoms with Crippen LogP contribution in [-0.2, 0) is 0 Å². The molecule has 0 radical (unpaired) electrons. The standard InChI is InChI=1S/C12H16BrN3O/c1-15-7-9(6-14)8-16(12(15)17)11-4-2-10(13)3-5-11/h2-5,9H,6-8,14H2,1H3. The maximum Gasteiger partial charge on any atom is 0.324 e. The molecule has 0 aromatic heterocycles. The fourth-order valence-electron chi connectivity index (χ4n) is 2.05. The number of rotatable bonds is 2. The van der Waals surface area contributed by atoms with Crippen LogP contribution < -0.4 is 10.6 Å². The summed E-state index contributed by atoms with van der Waals surface area (Å²) >= 11 is 3.39. The molecule has 2 rings (SSSR count). The summed E-state index contributed by atoms with van der Waals surface area (Å²) in [5.74, 6) is 0.335. The summed E-state index contributed by atoms with van der Waals surface area (Å²) in [6.07, 6.45) is 0. The van der Waals surface area contributed by atoms with Crippen molar-refractivity contribution in [1.29, 1.82) is 0 Å². The fraction of sp³-hybridized carbons (Fsp3) is 0.417. The van der Waals surface area contributed by atoms with Gasteiger partial charge in [0, 0.05) is 36.2 Å². The van der Waals surface area contributed by atoms with Crippen LogP contribution in [0.25, 0.3) is 0 Å². The summed E-state index contributed by atoms with van der Waals surface area (Å²) in [5, 5.41) is 0. The Labute approximate surface area is 110 Å². The second kappa shape index (κ2) is 5.06. The third-order valence-electron chi connectivity index (χ3n) is 3.00. The molecule has 1 aromatic rings. The van der Waals surface area contributed by atoms with Gasteiger partial charge in [-0.1, -0.05) is 15.9 Å². The van der Waals surface area contributed by atoms with E-state index in [1.807, 2.05) is 31.3 Å². The molecule has 1 fully saturated rings. The van der Waals surface area contributed by atoms with Gasteiger partial charge in [0.1, 0.15) is 0 Å². The summed E-state index contributed by atoms with van der Waals surface area (Å²) in [7, 11) is 1.82. The third-order valence-corrected chi connectivity index (χ3v) is 3.53. The molecule has 92 valence electrons. The first-order valence-corrected chi connectivity index (χ1v) is 6.39.